The number of thiophene rings is 1. The van der Waals surface area contributed by atoms with Gasteiger partial charge in [0, 0.05) is 23.7 Å². The van der Waals surface area contributed by atoms with Crippen molar-refractivity contribution in [2.75, 3.05) is 13.6 Å². The summed E-state index contributed by atoms with van der Waals surface area (Å²) in [7, 11) is 3.57. The van der Waals surface area contributed by atoms with Crippen LogP contribution in [0, 0.1) is 0 Å². The molecular weight excluding hydrogens is 310 g/mol. The maximum absolute atomic E-state index is 12.4. The zero-order valence-electron chi connectivity index (χ0n) is 13.2. The highest BCUT2D eigenvalue weighted by Gasteiger charge is 2.17. The minimum Gasteiger partial charge on any atom is -0.484 e. The topological polar surface area (TPSA) is 56.1 Å². The van der Waals surface area contributed by atoms with Gasteiger partial charge < -0.3 is 10.1 Å². The van der Waals surface area contributed by atoms with Gasteiger partial charge in [-0.2, -0.15) is 5.10 Å². The monoisotopic (exact) mass is 329 g/mol. The van der Waals surface area contributed by atoms with Crippen molar-refractivity contribution in [3.05, 3.63) is 57.1 Å². The number of hydrogen-bond acceptors (Lipinski definition) is 5. The Morgan fingerprint density at radius 2 is 2.22 bits per heavy atom. The molecule has 0 aliphatic rings. The first-order valence-electron chi connectivity index (χ1n) is 7.50. The van der Waals surface area contributed by atoms with Gasteiger partial charge in [0.1, 0.15) is 11.9 Å². The molecule has 0 saturated carbocycles. The molecule has 1 N–H and O–H groups in total. The van der Waals surface area contributed by atoms with Crippen LogP contribution in [0.3, 0.4) is 0 Å². The summed E-state index contributed by atoms with van der Waals surface area (Å²) in [5.41, 5.74) is -0.142. The number of nitrogens with zero attached hydrogens (tertiary/aromatic N) is 2. The van der Waals surface area contributed by atoms with Gasteiger partial charge in [0.25, 0.3) is 5.56 Å². The van der Waals surface area contributed by atoms with Crippen molar-refractivity contribution in [3.8, 4) is 5.75 Å². The van der Waals surface area contributed by atoms with Gasteiger partial charge in [-0.15, -0.1) is 11.3 Å². The Balaban J connectivity index is 2.02. The van der Waals surface area contributed by atoms with Crippen LogP contribution in [0.4, 0.5) is 0 Å². The molecule has 120 valence electrons. The second-order valence-corrected chi connectivity index (χ2v) is 6.29. The van der Waals surface area contributed by atoms with Gasteiger partial charge in [-0.25, -0.2) is 4.68 Å². The fourth-order valence-electron chi connectivity index (χ4n) is 2.51. The molecule has 5 nitrogen and oxygen atoms in total. The number of ether oxygens (including phenoxy) is 1. The van der Waals surface area contributed by atoms with E-state index in [1.165, 1.54) is 4.68 Å². The Morgan fingerprint density at radius 1 is 1.35 bits per heavy atom. The van der Waals surface area contributed by atoms with Crippen LogP contribution >= 0.6 is 11.3 Å². The summed E-state index contributed by atoms with van der Waals surface area (Å²) in [6.45, 7) is 0.840. The Labute approximate surface area is 138 Å². The number of benzene rings is 1. The minimum atomic E-state index is -0.142. The molecule has 0 saturated heterocycles. The molecule has 2 aromatic heterocycles. The molecule has 0 bridgehead atoms. The average Bonchev–Trinajstić information content (AvgIpc) is 3.09. The van der Waals surface area contributed by atoms with E-state index in [9.17, 15) is 4.79 Å². The number of hydrogen-bond donors (Lipinski definition) is 1. The summed E-state index contributed by atoms with van der Waals surface area (Å²) in [5, 5.41) is 10.6. The first-order chi connectivity index (χ1) is 11.2. The van der Waals surface area contributed by atoms with E-state index in [0.717, 1.165) is 23.2 Å². The molecule has 0 radical (unpaired) electrons. The molecule has 6 heteroatoms. The van der Waals surface area contributed by atoms with Gasteiger partial charge in [0.15, 0.2) is 0 Å². The van der Waals surface area contributed by atoms with E-state index in [0.29, 0.717) is 11.1 Å². The number of rotatable bonds is 6. The molecule has 0 aliphatic heterocycles. The Morgan fingerprint density at radius 3 is 2.96 bits per heavy atom. The predicted molar refractivity (Wildman–Crippen MR) is 93.2 cm³/mol. The summed E-state index contributed by atoms with van der Waals surface area (Å²) in [6, 6.07) is 9.70. The third-order valence-electron chi connectivity index (χ3n) is 3.72. The third-order valence-corrected chi connectivity index (χ3v) is 4.69. The van der Waals surface area contributed by atoms with Crippen LogP contribution in [-0.4, -0.2) is 23.4 Å². The first kappa shape index (κ1) is 15.7. The van der Waals surface area contributed by atoms with E-state index in [1.54, 1.807) is 24.6 Å². The number of aromatic nitrogens is 2. The summed E-state index contributed by atoms with van der Waals surface area (Å²) in [5.74, 6) is 0.611. The first-order valence-corrected chi connectivity index (χ1v) is 8.38. The number of fused-ring (bicyclic) bond motifs is 1. The molecule has 23 heavy (non-hydrogen) atoms. The lowest BCUT2D eigenvalue weighted by Gasteiger charge is -2.19. The van der Waals surface area contributed by atoms with Gasteiger partial charge >= 0.3 is 0 Å². The highest BCUT2D eigenvalue weighted by atomic mass is 32.1. The summed E-state index contributed by atoms with van der Waals surface area (Å²) in [4.78, 5) is 13.6. The molecule has 0 fully saturated rings. The van der Waals surface area contributed by atoms with Gasteiger partial charge in [0.2, 0.25) is 0 Å². The SMILES string of the molecule is CNCC[C@@H](Oc1cccc2cnn(C)c(=O)c12)c1cccs1. The highest BCUT2D eigenvalue weighted by Crippen LogP contribution is 2.31. The van der Waals surface area contributed by atoms with Crippen LogP contribution in [0.25, 0.3) is 10.8 Å². The van der Waals surface area contributed by atoms with E-state index in [2.05, 4.69) is 16.5 Å². The average molecular weight is 329 g/mol. The standard InChI is InChI=1S/C17H19N3O2S/c1-18-9-8-13(15-7-4-10-23-15)22-14-6-3-5-12-11-19-20(2)17(21)16(12)14/h3-7,10-11,13,18H,8-9H2,1-2H3/t13-/m1/s1. The Bertz CT molecular complexity index is 843. The van der Waals surface area contributed by atoms with E-state index >= 15 is 0 Å². The normalized spacial score (nSPS) is 12.4. The van der Waals surface area contributed by atoms with Crippen molar-refractivity contribution in [2.24, 2.45) is 7.05 Å². The zero-order valence-corrected chi connectivity index (χ0v) is 14.0. The van der Waals surface area contributed by atoms with Gasteiger partial charge in [0.05, 0.1) is 11.6 Å². The van der Waals surface area contributed by atoms with Crippen LogP contribution in [0.15, 0.2) is 46.7 Å². The molecule has 0 aliphatic carbocycles. The smallest absolute Gasteiger partial charge is 0.278 e. The molecule has 1 atom stereocenters. The quantitative estimate of drug-likeness (QED) is 0.755. The van der Waals surface area contributed by atoms with Gasteiger partial charge in [-0.05, 0) is 31.1 Å². The zero-order chi connectivity index (χ0) is 16.2. The lowest BCUT2D eigenvalue weighted by Crippen LogP contribution is -2.21. The van der Waals surface area contributed by atoms with Crippen molar-refractivity contribution in [1.82, 2.24) is 15.1 Å². The Kier molecular flexibility index (Phi) is 4.73. The molecule has 3 rings (SSSR count). The number of aryl methyl sites for hydroxylation is 1. The molecule has 3 aromatic rings. The van der Waals surface area contributed by atoms with Crippen LogP contribution in [-0.2, 0) is 7.05 Å². The lowest BCUT2D eigenvalue weighted by molar-refractivity contribution is 0.201. The van der Waals surface area contributed by atoms with E-state index in [4.69, 9.17) is 4.74 Å². The third kappa shape index (κ3) is 3.28. The van der Waals surface area contributed by atoms with Crippen LogP contribution in [0.2, 0.25) is 0 Å². The maximum atomic E-state index is 12.4. The van der Waals surface area contributed by atoms with Gasteiger partial charge in [-0.3, -0.25) is 4.79 Å². The predicted octanol–water partition coefficient (Wildman–Crippen LogP) is 2.72. The van der Waals surface area contributed by atoms with Crippen LogP contribution in [0.5, 0.6) is 5.75 Å². The summed E-state index contributed by atoms with van der Waals surface area (Å²) >= 11 is 1.66. The van der Waals surface area contributed by atoms with E-state index < -0.39 is 0 Å². The second kappa shape index (κ2) is 6.93. The van der Waals surface area contributed by atoms with Crippen molar-refractivity contribution in [2.45, 2.75) is 12.5 Å². The molecule has 1 aromatic carbocycles. The lowest BCUT2D eigenvalue weighted by atomic mass is 10.1. The van der Waals surface area contributed by atoms with Crippen molar-refractivity contribution in [3.63, 3.8) is 0 Å². The summed E-state index contributed by atoms with van der Waals surface area (Å²) in [6.07, 6.45) is 2.45. The summed E-state index contributed by atoms with van der Waals surface area (Å²) < 4.78 is 7.58. The number of nitrogens with one attached hydrogen (secondary N) is 1. The van der Waals surface area contributed by atoms with Crippen molar-refractivity contribution >= 4 is 22.1 Å². The molecule has 0 amide bonds. The minimum absolute atomic E-state index is 0.0779. The Hall–Kier alpha value is -2.18. The van der Waals surface area contributed by atoms with E-state index in [-0.39, 0.29) is 11.7 Å². The largest absolute Gasteiger partial charge is 0.484 e. The molecular formula is C17H19N3O2S. The van der Waals surface area contributed by atoms with E-state index in [1.807, 2.05) is 36.7 Å². The maximum Gasteiger partial charge on any atom is 0.278 e. The van der Waals surface area contributed by atoms with Crippen molar-refractivity contribution in [1.29, 1.82) is 0 Å². The van der Waals surface area contributed by atoms with Crippen molar-refractivity contribution < 1.29 is 4.74 Å². The fraction of sp³-hybridized carbons (Fsp3) is 0.294. The van der Waals surface area contributed by atoms with Gasteiger partial charge in [-0.1, -0.05) is 18.2 Å². The molecule has 0 unspecified atom stereocenters. The highest BCUT2D eigenvalue weighted by molar-refractivity contribution is 7.10. The molecule has 2 heterocycles. The van der Waals surface area contributed by atoms with Crippen LogP contribution < -0.4 is 15.6 Å². The second-order valence-electron chi connectivity index (χ2n) is 5.31. The van der Waals surface area contributed by atoms with Crippen LogP contribution in [0.1, 0.15) is 17.4 Å². The fourth-order valence-corrected chi connectivity index (χ4v) is 3.30. The molecule has 0 spiro atoms.